The lowest BCUT2D eigenvalue weighted by Gasteiger charge is -2.30. The standard InChI is InChI=1S/C21H26N8O4S/c1-14(12-30)29-13-23-26-20(29)17-5-4-6-19(24-17)25-21(31)18-9-16-11-28(34(32,33)27(2)3)8-7-15(16)10-22-18/h4-6,9-10,13-14,30H,7-8,11-12H2,1-3H3,(H,24,25,31)/t14-/m1/s1. The first kappa shape index (κ1) is 23.9. The van der Waals surface area contributed by atoms with Gasteiger partial charge in [-0.05, 0) is 42.7 Å². The van der Waals surface area contributed by atoms with Gasteiger partial charge < -0.3 is 15.0 Å². The monoisotopic (exact) mass is 486 g/mol. The summed E-state index contributed by atoms with van der Waals surface area (Å²) in [4.78, 5) is 21.6. The highest BCUT2D eigenvalue weighted by molar-refractivity contribution is 7.86. The maximum atomic E-state index is 12.9. The van der Waals surface area contributed by atoms with Crippen LogP contribution in [0.4, 0.5) is 5.82 Å². The molecular weight excluding hydrogens is 460 g/mol. The molecule has 12 nitrogen and oxygen atoms in total. The molecule has 0 spiro atoms. The Morgan fingerprint density at radius 3 is 2.82 bits per heavy atom. The minimum atomic E-state index is -3.56. The van der Waals surface area contributed by atoms with Crippen LogP contribution in [0, 0.1) is 0 Å². The quantitative estimate of drug-likeness (QED) is 0.496. The normalized spacial score (nSPS) is 15.2. The topological polar surface area (TPSA) is 146 Å². The van der Waals surface area contributed by atoms with Gasteiger partial charge in [0.05, 0.1) is 12.6 Å². The highest BCUT2D eigenvalue weighted by Crippen LogP contribution is 2.23. The number of carbonyl (C=O) groups is 1. The van der Waals surface area contributed by atoms with E-state index in [1.54, 1.807) is 35.0 Å². The molecule has 3 aromatic rings. The van der Waals surface area contributed by atoms with E-state index in [1.165, 1.54) is 29.0 Å². The molecule has 180 valence electrons. The Bertz CT molecular complexity index is 1310. The van der Waals surface area contributed by atoms with Gasteiger partial charge in [-0.1, -0.05) is 6.07 Å². The van der Waals surface area contributed by atoms with Crippen LogP contribution in [0.3, 0.4) is 0 Å². The number of aliphatic hydroxyl groups excluding tert-OH is 1. The van der Waals surface area contributed by atoms with E-state index in [0.29, 0.717) is 30.3 Å². The number of nitrogens with one attached hydrogen (secondary N) is 1. The zero-order valence-electron chi connectivity index (χ0n) is 19.1. The molecule has 4 rings (SSSR count). The van der Waals surface area contributed by atoms with Gasteiger partial charge in [0.15, 0.2) is 5.82 Å². The Balaban J connectivity index is 1.54. The Morgan fingerprint density at radius 1 is 1.29 bits per heavy atom. The number of hydrogen-bond acceptors (Lipinski definition) is 8. The highest BCUT2D eigenvalue weighted by atomic mass is 32.2. The van der Waals surface area contributed by atoms with E-state index in [2.05, 4.69) is 25.5 Å². The first-order chi connectivity index (χ1) is 16.2. The molecule has 0 unspecified atom stereocenters. The third-order valence-corrected chi connectivity index (χ3v) is 7.50. The van der Waals surface area contributed by atoms with Gasteiger partial charge in [-0.2, -0.15) is 17.0 Å². The van der Waals surface area contributed by atoms with Crippen molar-refractivity contribution in [2.24, 2.45) is 0 Å². The molecule has 0 bridgehead atoms. The summed E-state index contributed by atoms with van der Waals surface area (Å²) < 4.78 is 29.2. The Labute approximate surface area is 197 Å². The molecule has 0 aliphatic carbocycles. The third kappa shape index (κ3) is 4.68. The summed E-state index contributed by atoms with van der Waals surface area (Å²) in [5, 5.41) is 20.2. The van der Waals surface area contributed by atoms with Gasteiger partial charge in [-0.25, -0.2) is 4.98 Å². The number of fused-ring (bicyclic) bond motifs is 1. The summed E-state index contributed by atoms with van der Waals surface area (Å²) in [6.45, 7) is 2.27. The summed E-state index contributed by atoms with van der Waals surface area (Å²) in [5.74, 6) is 0.294. The molecule has 34 heavy (non-hydrogen) atoms. The van der Waals surface area contributed by atoms with Gasteiger partial charge in [0.1, 0.15) is 23.5 Å². The summed E-state index contributed by atoms with van der Waals surface area (Å²) in [7, 11) is -0.574. The fourth-order valence-electron chi connectivity index (χ4n) is 3.61. The zero-order chi connectivity index (χ0) is 24.5. The van der Waals surface area contributed by atoms with Crippen molar-refractivity contribution in [3.05, 3.63) is 53.6 Å². The van der Waals surface area contributed by atoms with Crippen molar-refractivity contribution in [2.45, 2.75) is 25.9 Å². The lowest BCUT2D eigenvalue weighted by Crippen LogP contribution is -2.42. The molecule has 0 fully saturated rings. The minimum absolute atomic E-state index is 0.0846. The molecule has 2 N–H and O–H groups in total. The largest absolute Gasteiger partial charge is 0.394 e. The van der Waals surface area contributed by atoms with Crippen LogP contribution in [-0.4, -0.2) is 80.0 Å². The first-order valence-corrected chi connectivity index (χ1v) is 12.0. The molecule has 13 heteroatoms. The third-order valence-electron chi connectivity index (χ3n) is 5.61. The lowest BCUT2D eigenvalue weighted by atomic mass is 10.0. The van der Waals surface area contributed by atoms with Crippen molar-refractivity contribution in [3.8, 4) is 11.5 Å². The van der Waals surface area contributed by atoms with Crippen LogP contribution in [0.5, 0.6) is 0 Å². The summed E-state index contributed by atoms with van der Waals surface area (Å²) in [5.41, 5.74) is 2.30. The van der Waals surface area contributed by atoms with Crippen molar-refractivity contribution in [1.82, 2.24) is 33.3 Å². The molecule has 0 saturated carbocycles. The first-order valence-electron chi connectivity index (χ1n) is 10.6. The number of pyridine rings is 2. The van der Waals surface area contributed by atoms with E-state index in [0.717, 1.165) is 11.1 Å². The van der Waals surface area contributed by atoms with E-state index >= 15 is 0 Å². The number of anilines is 1. The van der Waals surface area contributed by atoms with Gasteiger partial charge in [-0.15, -0.1) is 10.2 Å². The maximum absolute atomic E-state index is 12.9. The average Bonchev–Trinajstić information content (AvgIpc) is 3.33. The van der Waals surface area contributed by atoms with Crippen molar-refractivity contribution in [3.63, 3.8) is 0 Å². The van der Waals surface area contributed by atoms with Crippen LogP contribution in [-0.2, 0) is 23.2 Å². The molecule has 0 aromatic carbocycles. The van der Waals surface area contributed by atoms with Crippen molar-refractivity contribution in [2.75, 3.05) is 32.6 Å². The number of amides is 1. The molecule has 3 aromatic heterocycles. The summed E-state index contributed by atoms with van der Waals surface area (Å²) in [6.07, 6.45) is 3.65. The van der Waals surface area contributed by atoms with Crippen molar-refractivity contribution < 1.29 is 18.3 Å². The molecule has 1 aliphatic rings. The fraction of sp³-hybridized carbons (Fsp3) is 0.381. The predicted molar refractivity (Wildman–Crippen MR) is 124 cm³/mol. The van der Waals surface area contributed by atoms with E-state index < -0.39 is 16.1 Å². The number of aliphatic hydroxyl groups is 1. The van der Waals surface area contributed by atoms with Gasteiger partial charge in [0.25, 0.3) is 16.1 Å². The number of aromatic nitrogens is 5. The predicted octanol–water partition coefficient (Wildman–Crippen LogP) is 0.705. The summed E-state index contributed by atoms with van der Waals surface area (Å²) in [6, 6.07) is 6.48. The van der Waals surface area contributed by atoms with Crippen molar-refractivity contribution in [1.29, 1.82) is 0 Å². The highest BCUT2D eigenvalue weighted by Gasteiger charge is 2.29. The van der Waals surface area contributed by atoms with E-state index in [-0.39, 0.29) is 24.9 Å². The van der Waals surface area contributed by atoms with Crippen LogP contribution in [0.15, 0.2) is 36.8 Å². The van der Waals surface area contributed by atoms with Gasteiger partial charge in [0, 0.05) is 33.4 Å². The van der Waals surface area contributed by atoms with E-state index in [1.807, 2.05) is 6.92 Å². The molecule has 4 heterocycles. The lowest BCUT2D eigenvalue weighted by molar-refractivity contribution is 0.102. The Hall–Kier alpha value is -3.26. The molecule has 0 saturated heterocycles. The van der Waals surface area contributed by atoms with Crippen molar-refractivity contribution >= 4 is 21.9 Å². The van der Waals surface area contributed by atoms with Crippen LogP contribution in [0.2, 0.25) is 0 Å². The number of carbonyl (C=O) groups excluding carboxylic acids is 1. The SMILES string of the molecule is C[C@H](CO)n1cnnc1-c1cccc(NC(=O)c2cc3c(cn2)CCN(S(=O)(=O)N(C)C)C3)n1. The second-order valence-corrected chi connectivity index (χ2v) is 10.3. The molecular formula is C21H26N8O4S. The smallest absolute Gasteiger partial charge is 0.281 e. The molecule has 0 radical (unpaired) electrons. The maximum Gasteiger partial charge on any atom is 0.281 e. The van der Waals surface area contributed by atoms with E-state index in [9.17, 15) is 18.3 Å². The number of hydrogen-bond donors (Lipinski definition) is 2. The zero-order valence-corrected chi connectivity index (χ0v) is 19.9. The fourth-order valence-corrected chi connectivity index (χ4v) is 4.70. The van der Waals surface area contributed by atoms with Crippen LogP contribution in [0.1, 0.15) is 34.6 Å². The number of nitrogens with zero attached hydrogens (tertiary/aromatic N) is 7. The van der Waals surface area contributed by atoms with Crippen LogP contribution >= 0.6 is 0 Å². The van der Waals surface area contributed by atoms with Gasteiger partial charge in [0.2, 0.25) is 0 Å². The molecule has 1 aliphatic heterocycles. The Kier molecular flexibility index (Phi) is 6.70. The minimum Gasteiger partial charge on any atom is -0.394 e. The second-order valence-electron chi connectivity index (χ2n) is 8.17. The van der Waals surface area contributed by atoms with Crippen LogP contribution in [0.25, 0.3) is 11.5 Å². The van der Waals surface area contributed by atoms with Crippen LogP contribution < -0.4 is 5.32 Å². The Morgan fingerprint density at radius 2 is 2.09 bits per heavy atom. The molecule has 1 amide bonds. The molecule has 1 atom stereocenters. The second kappa shape index (κ2) is 9.54. The number of rotatable bonds is 7. The summed E-state index contributed by atoms with van der Waals surface area (Å²) >= 11 is 0. The van der Waals surface area contributed by atoms with Gasteiger partial charge >= 0.3 is 0 Å². The average molecular weight is 487 g/mol. The van der Waals surface area contributed by atoms with Gasteiger partial charge in [-0.3, -0.25) is 9.78 Å². The van der Waals surface area contributed by atoms with E-state index in [4.69, 9.17) is 0 Å².